The van der Waals surface area contributed by atoms with E-state index >= 15 is 0 Å². The van der Waals surface area contributed by atoms with Crippen LogP contribution in [0.1, 0.15) is 32.8 Å². The van der Waals surface area contributed by atoms with E-state index in [-0.39, 0.29) is 17.5 Å². The predicted octanol–water partition coefficient (Wildman–Crippen LogP) is 2.74. The van der Waals surface area contributed by atoms with E-state index < -0.39 is 5.97 Å². The number of aromatic carboxylic acids is 1. The number of aromatic nitrogens is 2. The highest BCUT2D eigenvalue weighted by atomic mass is 32.1. The molecule has 1 aliphatic rings. The van der Waals surface area contributed by atoms with Crippen molar-refractivity contribution in [2.75, 3.05) is 13.1 Å². The zero-order valence-electron chi connectivity index (χ0n) is 13.0. The summed E-state index contributed by atoms with van der Waals surface area (Å²) in [5, 5.41) is 10.8. The Morgan fingerprint density at radius 2 is 2.00 bits per heavy atom. The number of rotatable bonds is 4. The Balaban J connectivity index is 1.45. The maximum atomic E-state index is 12.6. The summed E-state index contributed by atoms with van der Waals surface area (Å²) < 4.78 is 5.19. The summed E-state index contributed by atoms with van der Waals surface area (Å²) in [6.45, 7) is 0.868. The van der Waals surface area contributed by atoms with Crippen LogP contribution in [-0.2, 0) is 0 Å². The van der Waals surface area contributed by atoms with Crippen LogP contribution in [0.25, 0.3) is 10.6 Å². The summed E-state index contributed by atoms with van der Waals surface area (Å²) >= 11 is 1.57. The van der Waals surface area contributed by atoms with Crippen LogP contribution in [0.15, 0.2) is 46.4 Å². The van der Waals surface area contributed by atoms with Crippen LogP contribution < -0.4 is 0 Å². The largest absolute Gasteiger partial charge is 0.476 e. The predicted molar refractivity (Wildman–Crippen MR) is 89.7 cm³/mol. The first-order valence-corrected chi connectivity index (χ1v) is 8.48. The molecule has 0 saturated carbocycles. The summed E-state index contributed by atoms with van der Waals surface area (Å²) in [6.07, 6.45) is 1.12. The van der Waals surface area contributed by atoms with Gasteiger partial charge in [0, 0.05) is 13.1 Å². The monoisotopic (exact) mass is 355 g/mol. The van der Waals surface area contributed by atoms with Gasteiger partial charge in [-0.05, 0) is 23.6 Å². The van der Waals surface area contributed by atoms with E-state index in [2.05, 4.69) is 9.97 Å². The van der Waals surface area contributed by atoms with Gasteiger partial charge in [0.2, 0.25) is 5.89 Å². The second kappa shape index (κ2) is 6.14. The highest BCUT2D eigenvalue weighted by Gasteiger charge is 2.36. The third-order valence-corrected chi connectivity index (χ3v) is 4.89. The van der Waals surface area contributed by atoms with Gasteiger partial charge < -0.3 is 14.4 Å². The van der Waals surface area contributed by atoms with Crippen LogP contribution >= 0.6 is 11.3 Å². The van der Waals surface area contributed by atoms with E-state index in [4.69, 9.17) is 9.52 Å². The summed E-state index contributed by atoms with van der Waals surface area (Å²) in [6, 6.07) is 9.30. The van der Waals surface area contributed by atoms with Crippen LogP contribution in [-0.4, -0.2) is 44.9 Å². The number of oxazole rings is 1. The van der Waals surface area contributed by atoms with Crippen molar-refractivity contribution in [3.05, 3.63) is 59.3 Å². The van der Waals surface area contributed by atoms with Gasteiger partial charge in [0.05, 0.1) is 16.5 Å². The number of pyridine rings is 1. The molecular weight excluding hydrogens is 342 g/mol. The Hall–Kier alpha value is -3.00. The first-order chi connectivity index (χ1) is 12.1. The van der Waals surface area contributed by atoms with Crippen molar-refractivity contribution in [1.29, 1.82) is 0 Å². The molecule has 1 saturated heterocycles. The Morgan fingerprint density at radius 3 is 2.68 bits per heavy atom. The van der Waals surface area contributed by atoms with Crippen molar-refractivity contribution in [3.8, 4) is 10.6 Å². The molecule has 4 rings (SSSR count). The molecule has 25 heavy (non-hydrogen) atoms. The molecular formula is C17H13N3O4S. The second-order valence-corrected chi connectivity index (χ2v) is 6.62. The lowest BCUT2D eigenvalue weighted by Gasteiger charge is -2.37. The molecule has 1 fully saturated rings. The number of thiophene rings is 1. The van der Waals surface area contributed by atoms with Crippen molar-refractivity contribution < 1.29 is 19.1 Å². The molecule has 1 N–H and O–H groups in total. The number of likely N-dealkylation sites (tertiary alicyclic amines) is 1. The Kier molecular flexibility index (Phi) is 3.81. The van der Waals surface area contributed by atoms with E-state index in [0.717, 1.165) is 16.8 Å². The first-order valence-electron chi connectivity index (χ1n) is 7.61. The molecule has 0 aliphatic carbocycles. The zero-order valence-corrected chi connectivity index (χ0v) is 13.8. The molecule has 3 aromatic heterocycles. The zero-order chi connectivity index (χ0) is 17.4. The minimum Gasteiger partial charge on any atom is -0.476 e. The van der Waals surface area contributed by atoms with E-state index in [0.29, 0.717) is 24.7 Å². The smallest absolute Gasteiger partial charge is 0.357 e. The van der Waals surface area contributed by atoms with Crippen LogP contribution in [0.3, 0.4) is 0 Å². The summed E-state index contributed by atoms with van der Waals surface area (Å²) in [5.41, 5.74) is 1.05. The van der Waals surface area contributed by atoms with E-state index in [9.17, 15) is 9.59 Å². The fraction of sp³-hybridized carbons (Fsp3) is 0.176. The number of carboxylic acids is 1. The van der Waals surface area contributed by atoms with E-state index in [1.807, 2.05) is 29.6 Å². The number of hydrogen-bond acceptors (Lipinski definition) is 6. The molecule has 126 valence electrons. The van der Waals surface area contributed by atoms with Gasteiger partial charge in [-0.3, -0.25) is 4.79 Å². The fourth-order valence-electron chi connectivity index (χ4n) is 2.65. The lowest BCUT2D eigenvalue weighted by molar-refractivity contribution is 0.0568. The normalized spacial score (nSPS) is 14.3. The topological polar surface area (TPSA) is 96.5 Å². The van der Waals surface area contributed by atoms with Gasteiger partial charge in [-0.15, -0.1) is 11.3 Å². The number of carbonyl (C=O) groups is 2. The molecule has 0 atom stereocenters. The number of carboxylic acid groups (broad SMARTS) is 1. The molecule has 7 nitrogen and oxygen atoms in total. The van der Waals surface area contributed by atoms with Crippen LogP contribution in [0.4, 0.5) is 0 Å². The van der Waals surface area contributed by atoms with Crippen LogP contribution in [0.5, 0.6) is 0 Å². The molecule has 3 aromatic rings. The van der Waals surface area contributed by atoms with Crippen molar-refractivity contribution >= 4 is 23.2 Å². The second-order valence-electron chi connectivity index (χ2n) is 5.67. The highest BCUT2D eigenvalue weighted by molar-refractivity contribution is 7.13. The van der Waals surface area contributed by atoms with Gasteiger partial charge in [0.25, 0.3) is 5.91 Å². The van der Waals surface area contributed by atoms with E-state index in [1.54, 1.807) is 22.3 Å². The first kappa shape index (κ1) is 15.5. The van der Waals surface area contributed by atoms with Crippen molar-refractivity contribution in [2.24, 2.45) is 0 Å². The van der Waals surface area contributed by atoms with Crippen molar-refractivity contribution in [1.82, 2.24) is 14.9 Å². The van der Waals surface area contributed by atoms with Crippen molar-refractivity contribution in [3.63, 3.8) is 0 Å². The molecule has 1 amide bonds. The molecule has 0 aromatic carbocycles. The van der Waals surface area contributed by atoms with Gasteiger partial charge in [-0.2, -0.15) is 0 Å². The minimum absolute atomic E-state index is 0.0856. The quantitative estimate of drug-likeness (QED) is 0.773. The van der Waals surface area contributed by atoms with Gasteiger partial charge in [0.15, 0.2) is 5.69 Å². The number of nitrogens with zero attached hydrogens (tertiary/aromatic N) is 3. The van der Waals surface area contributed by atoms with E-state index in [1.165, 1.54) is 0 Å². The molecule has 8 heteroatoms. The SMILES string of the molecule is O=C(O)c1coc(C2CN(C(=O)c3cccc(-c4cccs4)n3)C2)n1. The number of carbonyl (C=O) groups excluding carboxylic acids is 1. The third-order valence-electron chi connectivity index (χ3n) is 4.00. The average Bonchev–Trinajstić information content (AvgIpc) is 3.25. The van der Waals surface area contributed by atoms with Gasteiger partial charge >= 0.3 is 5.97 Å². The maximum Gasteiger partial charge on any atom is 0.357 e. The molecule has 0 radical (unpaired) electrons. The molecule has 0 spiro atoms. The molecule has 0 unspecified atom stereocenters. The Labute approximate surface area is 146 Å². The third kappa shape index (κ3) is 2.91. The van der Waals surface area contributed by atoms with Crippen LogP contribution in [0.2, 0.25) is 0 Å². The summed E-state index contributed by atoms with van der Waals surface area (Å²) in [5.74, 6) is -1.02. The minimum atomic E-state index is -1.13. The Bertz CT molecular complexity index is 929. The summed E-state index contributed by atoms with van der Waals surface area (Å²) in [7, 11) is 0. The van der Waals surface area contributed by atoms with Crippen LogP contribution in [0, 0.1) is 0 Å². The Morgan fingerprint density at radius 1 is 1.16 bits per heavy atom. The van der Waals surface area contributed by atoms with Gasteiger partial charge in [-0.25, -0.2) is 14.8 Å². The number of amides is 1. The maximum absolute atomic E-state index is 12.6. The standard InChI is InChI=1S/C17H13N3O4S/c21-16(12-4-1-3-11(18-12)14-5-2-6-25-14)20-7-10(8-20)15-19-13(9-24-15)17(22)23/h1-6,9-10H,7-8H2,(H,22,23). The fourth-order valence-corrected chi connectivity index (χ4v) is 3.35. The van der Waals surface area contributed by atoms with Gasteiger partial charge in [0.1, 0.15) is 12.0 Å². The highest BCUT2D eigenvalue weighted by Crippen LogP contribution is 2.28. The lowest BCUT2D eigenvalue weighted by Crippen LogP contribution is -2.48. The molecule has 0 bridgehead atoms. The number of hydrogen-bond donors (Lipinski definition) is 1. The van der Waals surface area contributed by atoms with Crippen molar-refractivity contribution in [2.45, 2.75) is 5.92 Å². The lowest BCUT2D eigenvalue weighted by atomic mass is 9.99. The van der Waals surface area contributed by atoms with Gasteiger partial charge in [-0.1, -0.05) is 12.1 Å². The molecule has 1 aliphatic heterocycles. The summed E-state index contributed by atoms with van der Waals surface area (Å²) in [4.78, 5) is 34.4. The molecule has 4 heterocycles. The average molecular weight is 355 g/mol.